The van der Waals surface area contributed by atoms with E-state index in [0.717, 1.165) is 43.0 Å². The zero-order chi connectivity index (χ0) is 18.5. The van der Waals surface area contributed by atoms with Crippen molar-refractivity contribution in [2.45, 2.75) is 57.7 Å². The highest BCUT2D eigenvalue weighted by molar-refractivity contribution is 7.11. The van der Waals surface area contributed by atoms with Gasteiger partial charge in [0, 0.05) is 24.2 Å². The van der Waals surface area contributed by atoms with Gasteiger partial charge in [0.15, 0.2) is 0 Å². The lowest BCUT2D eigenvalue weighted by molar-refractivity contribution is 0.0791. The van der Waals surface area contributed by atoms with Gasteiger partial charge in [0.25, 0.3) is 0 Å². The number of fused-ring (bicyclic) bond motifs is 1. The van der Waals surface area contributed by atoms with E-state index >= 15 is 0 Å². The minimum atomic E-state index is -0.0793. The van der Waals surface area contributed by atoms with Gasteiger partial charge in [-0.05, 0) is 50.7 Å². The first-order chi connectivity index (χ1) is 13.3. The van der Waals surface area contributed by atoms with Crippen LogP contribution in [-0.4, -0.2) is 40.2 Å². The van der Waals surface area contributed by atoms with E-state index in [1.54, 1.807) is 17.5 Å². The Hall–Kier alpha value is -1.99. The fourth-order valence-electron chi connectivity index (χ4n) is 3.68. The van der Waals surface area contributed by atoms with Crippen molar-refractivity contribution in [2.24, 2.45) is 0 Å². The molecule has 2 aliphatic rings. The second-order valence-corrected chi connectivity index (χ2v) is 8.35. The first-order valence-electron chi connectivity index (χ1n) is 9.79. The van der Waals surface area contributed by atoms with Crippen molar-refractivity contribution in [1.29, 1.82) is 0 Å². The Morgan fingerprint density at radius 2 is 2.22 bits per heavy atom. The molecule has 4 rings (SSSR count). The number of rotatable bonds is 6. The van der Waals surface area contributed by atoms with E-state index in [-0.39, 0.29) is 12.1 Å². The number of urea groups is 1. The zero-order valence-corrected chi connectivity index (χ0v) is 16.3. The van der Waals surface area contributed by atoms with Crippen LogP contribution in [0.5, 0.6) is 0 Å². The van der Waals surface area contributed by atoms with Crippen molar-refractivity contribution in [1.82, 2.24) is 20.2 Å². The summed E-state index contributed by atoms with van der Waals surface area (Å²) in [4.78, 5) is 25.2. The normalized spacial score (nSPS) is 18.9. The largest absolute Gasteiger partial charge is 0.376 e. The van der Waals surface area contributed by atoms with Gasteiger partial charge in [-0.15, -0.1) is 11.3 Å². The molecule has 1 aliphatic carbocycles. The molecule has 3 heterocycles. The Bertz CT molecular complexity index is 735. The second kappa shape index (κ2) is 8.80. The van der Waals surface area contributed by atoms with Crippen LogP contribution >= 0.6 is 11.3 Å². The van der Waals surface area contributed by atoms with Gasteiger partial charge in [-0.25, -0.2) is 9.78 Å². The Morgan fingerprint density at radius 1 is 1.30 bits per heavy atom. The number of nitrogens with one attached hydrogen (secondary N) is 1. The molecule has 27 heavy (non-hydrogen) atoms. The van der Waals surface area contributed by atoms with Crippen LogP contribution in [0.4, 0.5) is 4.79 Å². The number of aryl methyl sites for hydroxylation is 2. The SMILES string of the molecule is O=C(NCc1nc2c(s1)CCCC2)N(Cc1ccccn1)C[C@H]1CCCO1. The van der Waals surface area contributed by atoms with Gasteiger partial charge in [0.05, 0.1) is 30.6 Å². The van der Waals surface area contributed by atoms with Gasteiger partial charge in [-0.2, -0.15) is 0 Å². The van der Waals surface area contributed by atoms with Gasteiger partial charge in [0.1, 0.15) is 5.01 Å². The molecule has 2 aromatic heterocycles. The van der Waals surface area contributed by atoms with Crippen molar-refractivity contribution in [2.75, 3.05) is 13.2 Å². The van der Waals surface area contributed by atoms with Crippen LogP contribution < -0.4 is 5.32 Å². The molecule has 7 heteroatoms. The highest BCUT2D eigenvalue weighted by Gasteiger charge is 2.23. The number of amides is 2. The number of thiazole rings is 1. The molecule has 1 atom stereocenters. The lowest BCUT2D eigenvalue weighted by Crippen LogP contribution is -2.43. The summed E-state index contributed by atoms with van der Waals surface area (Å²) < 4.78 is 5.74. The average Bonchev–Trinajstić information content (AvgIpc) is 3.35. The molecular formula is C20H26N4O2S. The second-order valence-electron chi connectivity index (χ2n) is 7.18. The molecule has 2 amide bonds. The van der Waals surface area contributed by atoms with Gasteiger partial charge < -0.3 is 15.0 Å². The zero-order valence-electron chi connectivity index (χ0n) is 15.5. The van der Waals surface area contributed by atoms with Crippen molar-refractivity contribution in [3.63, 3.8) is 0 Å². The van der Waals surface area contributed by atoms with Gasteiger partial charge in [-0.3, -0.25) is 4.98 Å². The Morgan fingerprint density at radius 3 is 3.00 bits per heavy atom. The van der Waals surface area contributed by atoms with Crippen molar-refractivity contribution >= 4 is 17.4 Å². The summed E-state index contributed by atoms with van der Waals surface area (Å²) in [5.74, 6) is 0. The van der Waals surface area contributed by atoms with E-state index < -0.39 is 0 Å². The number of pyridine rings is 1. The average molecular weight is 387 g/mol. The summed E-state index contributed by atoms with van der Waals surface area (Å²) in [7, 11) is 0. The molecular weight excluding hydrogens is 360 g/mol. The summed E-state index contributed by atoms with van der Waals surface area (Å²) in [6.07, 6.45) is 8.63. The molecule has 1 fully saturated rings. The standard InChI is InChI=1S/C20H26N4O2S/c25-20(22-12-19-23-17-8-1-2-9-18(17)27-19)24(14-16-7-5-11-26-16)13-15-6-3-4-10-21-15/h3-4,6,10,16H,1-2,5,7-9,11-14H2,(H,22,25)/t16-/m1/s1. The van der Waals surface area contributed by atoms with Crippen LogP contribution in [-0.2, 0) is 30.7 Å². The molecule has 1 aliphatic heterocycles. The summed E-state index contributed by atoms with van der Waals surface area (Å²) in [5, 5.41) is 4.06. The summed E-state index contributed by atoms with van der Waals surface area (Å²) in [6, 6.07) is 5.71. The summed E-state index contributed by atoms with van der Waals surface area (Å²) in [6.45, 7) is 2.35. The minimum Gasteiger partial charge on any atom is -0.376 e. The quantitative estimate of drug-likeness (QED) is 0.827. The Balaban J connectivity index is 1.38. The van der Waals surface area contributed by atoms with E-state index in [2.05, 4.69) is 10.3 Å². The third kappa shape index (κ3) is 4.84. The number of nitrogens with zero attached hydrogens (tertiary/aromatic N) is 3. The van der Waals surface area contributed by atoms with Crippen LogP contribution in [0.2, 0.25) is 0 Å². The lowest BCUT2D eigenvalue weighted by Gasteiger charge is -2.25. The summed E-state index contributed by atoms with van der Waals surface area (Å²) >= 11 is 1.74. The van der Waals surface area contributed by atoms with Crippen LogP contribution in [0.15, 0.2) is 24.4 Å². The molecule has 0 saturated carbocycles. The fourth-order valence-corrected chi connectivity index (χ4v) is 4.78. The van der Waals surface area contributed by atoms with E-state index in [9.17, 15) is 4.79 Å². The monoisotopic (exact) mass is 386 g/mol. The molecule has 0 spiro atoms. The molecule has 6 nitrogen and oxygen atoms in total. The Labute approximate surface area is 164 Å². The molecule has 0 bridgehead atoms. The van der Waals surface area contributed by atoms with Crippen LogP contribution in [0.3, 0.4) is 0 Å². The van der Waals surface area contributed by atoms with E-state index in [1.165, 1.54) is 23.4 Å². The van der Waals surface area contributed by atoms with E-state index in [4.69, 9.17) is 9.72 Å². The maximum absolute atomic E-state index is 12.9. The van der Waals surface area contributed by atoms with E-state index in [1.807, 2.05) is 23.1 Å². The predicted molar refractivity (Wildman–Crippen MR) is 105 cm³/mol. The van der Waals surface area contributed by atoms with E-state index in [0.29, 0.717) is 19.6 Å². The predicted octanol–water partition coefficient (Wildman–Crippen LogP) is 3.31. The molecule has 2 aromatic rings. The maximum Gasteiger partial charge on any atom is 0.318 e. The molecule has 0 aromatic carbocycles. The van der Waals surface area contributed by atoms with Crippen LogP contribution in [0.25, 0.3) is 0 Å². The summed E-state index contributed by atoms with van der Waals surface area (Å²) in [5.41, 5.74) is 2.12. The van der Waals surface area contributed by atoms with Crippen molar-refractivity contribution < 1.29 is 9.53 Å². The van der Waals surface area contributed by atoms with Crippen LogP contribution in [0, 0.1) is 0 Å². The van der Waals surface area contributed by atoms with Gasteiger partial charge >= 0.3 is 6.03 Å². The van der Waals surface area contributed by atoms with Gasteiger partial charge in [-0.1, -0.05) is 6.07 Å². The first-order valence-corrected chi connectivity index (χ1v) is 10.6. The number of carbonyl (C=O) groups is 1. The number of hydrogen-bond donors (Lipinski definition) is 1. The topological polar surface area (TPSA) is 67.4 Å². The maximum atomic E-state index is 12.9. The number of carbonyl (C=O) groups excluding carboxylic acids is 1. The molecule has 0 unspecified atom stereocenters. The van der Waals surface area contributed by atoms with Crippen molar-refractivity contribution in [3.05, 3.63) is 45.7 Å². The lowest BCUT2D eigenvalue weighted by atomic mass is 10.0. The fraction of sp³-hybridized carbons (Fsp3) is 0.550. The van der Waals surface area contributed by atoms with Crippen LogP contribution in [0.1, 0.15) is 47.0 Å². The van der Waals surface area contributed by atoms with Crippen molar-refractivity contribution in [3.8, 4) is 0 Å². The minimum absolute atomic E-state index is 0.0793. The highest BCUT2D eigenvalue weighted by Crippen LogP contribution is 2.26. The Kier molecular flexibility index (Phi) is 5.99. The first kappa shape index (κ1) is 18.4. The number of aromatic nitrogens is 2. The third-order valence-electron chi connectivity index (χ3n) is 5.10. The molecule has 1 N–H and O–H groups in total. The third-order valence-corrected chi connectivity index (χ3v) is 6.25. The molecule has 0 radical (unpaired) electrons. The smallest absolute Gasteiger partial charge is 0.318 e. The van der Waals surface area contributed by atoms with Gasteiger partial charge in [0.2, 0.25) is 0 Å². The molecule has 1 saturated heterocycles. The highest BCUT2D eigenvalue weighted by atomic mass is 32.1. The number of hydrogen-bond acceptors (Lipinski definition) is 5. The molecule has 144 valence electrons. The number of ether oxygens (including phenoxy) is 1.